The summed E-state index contributed by atoms with van der Waals surface area (Å²) < 4.78 is 32.7. The molecule has 1 saturated heterocycles. The standard InChI is InChI=1S/C19H15F2N3O2/c20-13-8-9-15(21)14(11-13)19(25)24-10-4-7-16(24)18-22-17(23-26-18)12-5-2-1-3-6-12/h1-3,5-6,8-9,11,16H,4,7,10H2/t16-/m0/s1. The monoisotopic (exact) mass is 355 g/mol. The van der Waals surface area contributed by atoms with Crippen molar-refractivity contribution in [1.29, 1.82) is 0 Å². The molecule has 4 rings (SSSR count). The van der Waals surface area contributed by atoms with Crippen molar-refractivity contribution < 1.29 is 18.1 Å². The van der Waals surface area contributed by atoms with Gasteiger partial charge in [-0.1, -0.05) is 35.5 Å². The molecule has 1 atom stereocenters. The van der Waals surface area contributed by atoms with Crippen LogP contribution in [0.4, 0.5) is 8.78 Å². The van der Waals surface area contributed by atoms with E-state index in [4.69, 9.17) is 4.52 Å². The maximum atomic E-state index is 14.0. The Labute approximate surface area is 148 Å². The molecule has 1 fully saturated rings. The van der Waals surface area contributed by atoms with Gasteiger partial charge in [-0.25, -0.2) is 8.78 Å². The molecule has 1 amide bonds. The number of carbonyl (C=O) groups excluding carboxylic acids is 1. The molecule has 0 aliphatic carbocycles. The van der Waals surface area contributed by atoms with E-state index in [9.17, 15) is 13.6 Å². The quantitative estimate of drug-likeness (QED) is 0.713. The number of rotatable bonds is 3. The summed E-state index contributed by atoms with van der Waals surface area (Å²) in [6, 6.07) is 11.7. The number of likely N-dealkylation sites (tertiary alicyclic amines) is 1. The fourth-order valence-corrected chi connectivity index (χ4v) is 3.16. The van der Waals surface area contributed by atoms with E-state index >= 15 is 0 Å². The molecule has 1 aliphatic rings. The summed E-state index contributed by atoms with van der Waals surface area (Å²) in [4.78, 5) is 18.6. The summed E-state index contributed by atoms with van der Waals surface area (Å²) in [5.41, 5.74) is 0.509. The predicted octanol–water partition coefficient (Wildman–Crippen LogP) is 3.99. The van der Waals surface area contributed by atoms with Gasteiger partial charge in [0, 0.05) is 12.1 Å². The first-order valence-corrected chi connectivity index (χ1v) is 8.28. The van der Waals surface area contributed by atoms with Crippen LogP contribution < -0.4 is 0 Å². The SMILES string of the molecule is O=C(c1cc(F)ccc1F)N1CCC[C@H]1c1nc(-c2ccccc2)no1. The summed E-state index contributed by atoms with van der Waals surface area (Å²) in [7, 11) is 0. The number of amides is 1. The Morgan fingerprint density at radius 2 is 1.96 bits per heavy atom. The molecule has 26 heavy (non-hydrogen) atoms. The zero-order valence-electron chi connectivity index (χ0n) is 13.7. The summed E-state index contributed by atoms with van der Waals surface area (Å²) in [5, 5.41) is 3.97. The van der Waals surface area contributed by atoms with E-state index in [-0.39, 0.29) is 5.56 Å². The third kappa shape index (κ3) is 2.96. The highest BCUT2D eigenvalue weighted by Gasteiger charge is 2.35. The molecule has 0 saturated carbocycles. The minimum Gasteiger partial charge on any atom is -0.337 e. The Kier molecular flexibility index (Phi) is 4.20. The molecule has 5 nitrogen and oxygen atoms in total. The van der Waals surface area contributed by atoms with E-state index in [1.807, 2.05) is 30.3 Å². The lowest BCUT2D eigenvalue weighted by Crippen LogP contribution is -2.31. The van der Waals surface area contributed by atoms with E-state index in [0.29, 0.717) is 24.7 Å². The van der Waals surface area contributed by atoms with Crippen molar-refractivity contribution in [3.8, 4) is 11.4 Å². The first-order chi connectivity index (χ1) is 12.6. The smallest absolute Gasteiger partial charge is 0.257 e. The lowest BCUT2D eigenvalue weighted by molar-refractivity contribution is 0.0704. The van der Waals surface area contributed by atoms with Gasteiger partial charge in [-0.3, -0.25) is 4.79 Å². The third-order valence-corrected chi connectivity index (χ3v) is 4.43. The summed E-state index contributed by atoms with van der Waals surface area (Å²) in [5.74, 6) is -1.26. The Bertz CT molecular complexity index is 943. The summed E-state index contributed by atoms with van der Waals surface area (Å²) in [6.07, 6.45) is 1.34. The van der Waals surface area contributed by atoms with Crippen LogP contribution in [0.15, 0.2) is 53.1 Å². The van der Waals surface area contributed by atoms with Crippen LogP contribution in [0.1, 0.15) is 35.1 Å². The molecule has 0 radical (unpaired) electrons. The van der Waals surface area contributed by atoms with Gasteiger partial charge in [0.15, 0.2) is 0 Å². The number of nitrogens with zero attached hydrogens (tertiary/aromatic N) is 3. The van der Waals surface area contributed by atoms with E-state index in [1.54, 1.807) is 0 Å². The number of benzene rings is 2. The minimum absolute atomic E-state index is 0.292. The van der Waals surface area contributed by atoms with Gasteiger partial charge in [0.05, 0.1) is 5.56 Å². The molecule has 0 bridgehead atoms. The van der Waals surface area contributed by atoms with Gasteiger partial charge in [0.1, 0.15) is 17.7 Å². The Balaban J connectivity index is 1.62. The van der Waals surface area contributed by atoms with Crippen LogP contribution >= 0.6 is 0 Å². The average Bonchev–Trinajstić information content (AvgIpc) is 3.33. The fourth-order valence-electron chi connectivity index (χ4n) is 3.16. The van der Waals surface area contributed by atoms with Crippen molar-refractivity contribution in [2.75, 3.05) is 6.54 Å². The van der Waals surface area contributed by atoms with E-state index < -0.39 is 23.6 Å². The van der Waals surface area contributed by atoms with Crippen molar-refractivity contribution in [3.63, 3.8) is 0 Å². The highest BCUT2D eigenvalue weighted by atomic mass is 19.1. The van der Waals surface area contributed by atoms with Crippen LogP contribution in [0.5, 0.6) is 0 Å². The molecular weight excluding hydrogens is 340 g/mol. The van der Waals surface area contributed by atoms with Gasteiger partial charge in [-0.2, -0.15) is 4.98 Å². The highest BCUT2D eigenvalue weighted by Crippen LogP contribution is 2.33. The Hall–Kier alpha value is -3.09. The number of aromatic nitrogens is 2. The van der Waals surface area contributed by atoms with Crippen molar-refractivity contribution in [3.05, 3.63) is 71.6 Å². The van der Waals surface area contributed by atoms with Gasteiger partial charge in [0.25, 0.3) is 5.91 Å². The molecular formula is C19H15F2N3O2. The van der Waals surface area contributed by atoms with Crippen LogP contribution in [0.2, 0.25) is 0 Å². The topological polar surface area (TPSA) is 59.2 Å². The molecule has 0 N–H and O–H groups in total. The molecule has 2 heterocycles. The second-order valence-electron chi connectivity index (χ2n) is 6.10. The molecule has 1 aromatic heterocycles. The van der Waals surface area contributed by atoms with Crippen LogP contribution in [-0.4, -0.2) is 27.5 Å². The van der Waals surface area contributed by atoms with Crippen LogP contribution in [0.3, 0.4) is 0 Å². The molecule has 2 aromatic carbocycles. The lowest BCUT2D eigenvalue weighted by atomic mass is 10.1. The van der Waals surface area contributed by atoms with Crippen molar-refractivity contribution in [1.82, 2.24) is 15.0 Å². The Morgan fingerprint density at radius 1 is 1.15 bits per heavy atom. The average molecular weight is 355 g/mol. The molecule has 1 aliphatic heterocycles. The molecule has 7 heteroatoms. The third-order valence-electron chi connectivity index (χ3n) is 4.43. The van der Waals surface area contributed by atoms with Gasteiger partial charge in [-0.05, 0) is 31.0 Å². The number of hydrogen-bond donors (Lipinski definition) is 0. The molecule has 3 aromatic rings. The number of halogens is 2. The maximum Gasteiger partial charge on any atom is 0.257 e. The lowest BCUT2D eigenvalue weighted by Gasteiger charge is -2.22. The van der Waals surface area contributed by atoms with Crippen LogP contribution in [0.25, 0.3) is 11.4 Å². The van der Waals surface area contributed by atoms with E-state index in [1.165, 1.54) is 4.90 Å². The van der Waals surface area contributed by atoms with Crippen molar-refractivity contribution in [2.24, 2.45) is 0 Å². The van der Waals surface area contributed by atoms with Crippen molar-refractivity contribution >= 4 is 5.91 Å². The first-order valence-electron chi connectivity index (χ1n) is 8.28. The highest BCUT2D eigenvalue weighted by molar-refractivity contribution is 5.95. The second kappa shape index (κ2) is 6.67. The first kappa shape index (κ1) is 16.4. The van der Waals surface area contributed by atoms with Gasteiger partial charge < -0.3 is 9.42 Å². The van der Waals surface area contributed by atoms with Gasteiger partial charge in [0.2, 0.25) is 11.7 Å². The minimum atomic E-state index is -0.752. The van der Waals surface area contributed by atoms with E-state index in [0.717, 1.165) is 30.2 Å². The second-order valence-corrected chi connectivity index (χ2v) is 6.10. The number of hydrogen-bond acceptors (Lipinski definition) is 4. The zero-order chi connectivity index (χ0) is 18.1. The normalized spacial score (nSPS) is 16.8. The summed E-state index contributed by atoms with van der Waals surface area (Å²) in [6.45, 7) is 0.419. The fraction of sp³-hybridized carbons (Fsp3) is 0.211. The zero-order valence-corrected chi connectivity index (χ0v) is 13.7. The van der Waals surface area contributed by atoms with Crippen LogP contribution in [0, 0.1) is 11.6 Å². The summed E-state index contributed by atoms with van der Waals surface area (Å²) >= 11 is 0. The number of carbonyl (C=O) groups is 1. The maximum absolute atomic E-state index is 14.0. The molecule has 0 spiro atoms. The predicted molar refractivity (Wildman–Crippen MR) is 89.1 cm³/mol. The van der Waals surface area contributed by atoms with E-state index in [2.05, 4.69) is 10.1 Å². The Morgan fingerprint density at radius 3 is 2.77 bits per heavy atom. The van der Waals surface area contributed by atoms with Crippen molar-refractivity contribution in [2.45, 2.75) is 18.9 Å². The van der Waals surface area contributed by atoms with Gasteiger partial charge in [-0.15, -0.1) is 0 Å². The largest absolute Gasteiger partial charge is 0.337 e. The molecule has 0 unspecified atom stereocenters. The van der Waals surface area contributed by atoms with Gasteiger partial charge >= 0.3 is 0 Å². The molecule has 132 valence electrons. The van der Waals surface area contributed by atoms with Crippen LogP contribution in [-0.2, 0) is 0 Å².